The van der Waals surface area contributed by atoms with Gasteiger partial charge in [0.2, 0.25) is 5.91 Å². The number of aliphatic hydroxyl groups excluding tert-OH is 1. The number of benzene rings is 2. The summed E-state index contributed by atoms with van der Waals surface area (Å²) in [4.78, 5) is 50.2. The number of carbonyl (C=O) groups excluding carboxylic acids is 2. The molecular formula is C41H50N6O5. The molecule has 1 saturated heterocycles. The Kier molecular flexibility index (Phi) is 12.3. The maximum Gasteiger partial charge on any atom is 0.404 e. The number of carbonyl (C=O) groups is 3. The van der Waals surface area contributed by atoms with Crippen LogP contribution in [0, 0.1) is 25.2 Å². The van der Waals surface area contributed by atoms with Crippen molar-refractivity contribution in [3.8, 4) is 11.3 Å². The van der Waals surface area contributed by atoms with Gasteiger partial charge in [0.25, 0.3) is 0 Å². The molecule has 5 rings (SSSR count). The lowest BCUT2D eigenvalue weighted by molar-refractivity contribution is -0.132. The molecule has 0 saturated carbocycles. The van der Waals surface area contributed by atoms with Crippen LogP contribution in [0.1, 0.15) is 55.3 Å². The van der Waals surface area contributed by atoms with Gasteiger partial charge in [-0.1, -0.05) is 87.5 Å². The van der Waals surface area contributed by atoms with Crippen molar-refractivity contribution in [2.24, 2.45) is 11.3 Å². The van der Waals surface area contributed by atoms with Crippen LogP contribution in [0.3, 0.4) is 0 Å². The van der Waals surface area contributed by atoms with Crippen molar-refractivity contribution < 1.29 is 24.6 Å². The first-order valence-electron chi connectivity index (χ1n) is 17.8. The van der Waals surface area contributed by atoms with Crippen LogP contribution in [0.4, 0.5) is 9.59 Å². The Morgan fingerprint density at radius 2 is 1.63 bits per heavy atom. The van der Waals surface area contributed by atoms with Crippen LogP contribution < -0.4 is 16.0 Å². The monoisotopic (exact) mass is 706 g/mol. The highest BCUT2D eigenvalue weighted by Crippen LogP contribution is 2.34. The molecule has 274 valence electrons. The number of hydrogen-bond donors (Lipinski definition) is 5. The smallest absolute Gasteiger partial charge is 0.404 e. The second-order valence-corrected chi connectivity index (χ2v) is 14.9. The first-order valence-corrected chi connectivity index (χ1v) is 17.8. The molecule has 0 spiro atoms. The molecule has 11 heteroatoms. The Hall–Kier alpha value is -5.29. The van der Waals surface area contributed by atoms with Crippen molar-refractivity contribution in [2.45, 2.75) is 84.7 Å². The van der Waals surface area contributed by atoms with Gasteiger partial charge in [-0.3, -0.25) is 14.8 Å². The minimum atomic E-state index is -1.20. The average molecular weight is 707 g/mol. The Morgan fingerprint density at radius 1 is 0.923 bits per heavy atom. The summed E-state index contributed by atoms with van der Waals surface area (Å²) in [7, 11) is 0. The van der Waals surface area contributed by atoms with E-state index in [1.165, 1.54) is 0 Å². The van der Waals surface area contributed by atoms with Crippen LogP contribution >= 0.6 is 0 Å². The topological polar surface area (TPSA) is 157 Å². The molecule has 2 aromatic carbocycles. The second kappa shape index (κ2) is 16.8. The predicted octanol–water partition coefficient (Wildman–Crippen LogP) is 5.67. The van der Waals surface area contributed by atoms with Gasteiger partial charge in [0.15, 0.2) is 0 Å². The van der Waals surface area contributed by atoms with E-state index >= 15 is 0 Å². The highest BCUT2D eigenvalue weighted by Gasteiger charge is 2.46. The molecule has 1 aliphatic rings. The van der Waals surface area contributed by atoms with E-state index in [0.717, 1.165) is 39.3 Å². The van der Waals surface area contributed by atoms with E-state index in [9.17, 15) is 24.6 Å². The highest BCUT2D eigenvalue weighted by molar-refractivity contribution is 5.84. The summed E-state index contributed by atoms with van der Waals surface area (Å²) >= 11 is 0. The quantitative estimate of drug-likeness (QED) is 0.113. The zero-order chi connectivity index (χ0) is 37.4. The molecule has 0 aliphatic carbocycles. The number of aryl methyl sites for hydroxylation is 2. The third-order valence-corrected chi connectivity index (χ3v) is 9.59. The van der Waals surface area contributed by atoms with E-state index in [1.807, 2.05) is 126 Å². The molecule has 11 nitrogen and oxygen atoms in total. The number of pyridine rings is 2. The van der Waals surface area contributed by atoms with E-state index < -0.39 is 41.7 Å². The lowest BCUT2D eigenvalue weighted by Gasteiger charge is -2.39. The minimum absolute atomic E-state index is 0.0557. The summed E-state index contributed by atoms with van der Waals surface area (Å²) in [6, 6.07) is 24.8. The van der Waals surface area contributed by atoms with E-state index in [1.54, 1.807) is 4.90 Å². The molecule has 4 amide bonds. The second-order valence-electron chi connectivity index (χ2n) is 14.9. The number of carboxylic acid groups (broad SMARTS) is 1. The van der Waals surface area contributed by atoms with Crippen LogP contribution in [0.2, 0.25) is 0 Å². The first kappa shape index (κ1) is 38.0. The molecule has 1 aliphatic heterocycles. The van der Waals surface area contributed by atoms with Crippen LogP contribution in [0.5, 0.6) is 0 Å². The molecule has 2 unspecified atom stereocenters. The third-order valence-electron chi connectivity index (χ3n) is 9.59. The largest absolute Gasteiger partial charge is 0.465 e. The summed E-state index contributed by atoms with van der Waals surface area (Å²) in [6.45, 7) is 10.3. The van der Waals surface area contributed by atoms with Gasteiger partial charge in [-0.2, -0.15) is 0 Å². The maximum absolute atomic E-state index is 14.4. The van der Waals surface area contributed by atoms with Crippen molar-refractivity contribution in [2.75, 3.05) is 6.54 Å². The number of aromatic nitrogens is 2. The lowest BCUT2D eigenvalue weighted by atomic mass is 9.75. The van der Waals surface area contributed by atoms with Gasteiger partial charge < -0.3 is 31.1 Å². The van der Waals surface area contributed by atoms with Gasteiger partial charge >= 0.3 is 12.1 Å². The van der Waals surface area contributed by atoms with Crippen LogP contribution in [-0.2, 0) is 24.2 Å². The molecule has 52 heavy (non-hydrogen) atoms. The van der Waals surface area contributed by atoms with E-state index in [-0.39, 0.29) is 31.4 Å². The number of hydrogen-bond acceptors (Lipinski definition) is 6. The van der Waals surface area contributed by atoms with Gasteiger partial charge in [-0.25, -0.2) is 9.59 Å². The fourth-order valence-electron chi connectivity index (χ4n) is 7.03. The van der Waals surface area contributed by atoms with Gasteiger partial charge in [-0.15, -0.1) is 0 Å². The third kappa shape index (κ3) is 10.2. The number of nitrogens with zero attached hydrogens (tertiary/aromatic N) is 3. The number of nitrogens with one attached hydrogen (secondary N) is 3. The van der Waals surface area contributed by atoms with Crippen molar-refractivity contribution in [1.29, 1.82) is 0 Å². The zero-order valence-electron chi connectivity index (χ0n) is 30.5. The van der Waals surface area contributed by atoms with Crippen LogP contribution in [0.15, 0.2) is 91.1 Å². The Labute approximate surface area is 305 Å². The van der Waals surface area contributed by atoms with Crippen LogP contribution in [0.25, 0.3) is 11.3 Å². The molecule has 3 heterocycles. The van der Waals surface area contributed by atoms with Gasteiger partial charge in [-0.05, 0) is 73.4 Å². The Balaban J connectivity index is 1.36. The summed E-state index contributed by atoms with van der Waals surface area (Å²) < 4.78 is 0. The first-order chi connectivity index (χ1) is 24.8. The molecule has 1 fully saturated rings. The van der Waals surface area contributed by atoms with Crippen molar-refractivity contribution in [3.63, 3.8) is 0 Å². The predicted molar refractivity (Wildman–Crippen MR) is 200 cm³/mol. The zero-order valence-corrected chi connectivity index (χ0v) is 30.5. The highest BCUT2D eigenvalue weighted by atomic mass is 16.4. The number of rotatable bonds is 14. The van der Waals surface area contributed by atoms with Gasteiger partial charge in [0.1, 0.15) is 0 Å². The van der Waals surface area contributed by atoms with E-state index in [0.29, 0.717) is 12.8 Å². The van der Waals surface area contributed by atoms with Crippen molar-refractivity contribution in [3.05, 3.63) is 119 Å². The summed E-state index contributed by atoms with van der Waals surface area (Å²) in [5, 5.41) is 30.2. The van der Waals surface area contributed by atoms with Gasteiger partial charge in [0.05, 0.1) is 42.0 Å². The molecule has 4 aromatic rings. The lowest BCUT2D eigenvalue weighted by Crippen LogP contribution is -2.55. The number of amides is 4. The summed E-state index contributed by atoms with van der Waals surface area (Å²) in [6.07, 6.45) is 0.222. The van der Waals surface area contributed by atoms with Crippen molar-refractivity contribution >= 4 is 18.0 Å². The van der Waals surface area contributed by atoms with E-state index in [4.69, 9.17) is 0 Å². The number of aliphatic hydroxyl groups is 1. The molecule has 0 bridgehead atoms. The normalized spacial score (nSPS) is 16.8. The molecule has 2 aromatic heterocycles. The molecular weight excluding hydrogens is 656 g/mol. The molecule has 5 atom stereocenters. The Bertz CT molecular complexity index is 1810. The summed E-state index contributed by atoms with van der Waals surface area (Å²) in [5.74, 6) is -0.935. The SMILES string of the molecule is Cc1ccc(-c2ccc(CC(C[C@H](O)[C@H](Cc3ccccc3)NC(=O)[C@H](C3CNC(=O)N3Cc3cccc(C)n3)C(C)(C)C)NC(=O)O)cc2)nc1. The minimum Gasteiger partial charge on any atom is -0.465 e. The van der Waals surface area contributed by atoms with Crippen LogP contribution in [-0.4, -0.2) is 73.9 Å². The average Bonchev–Trinajstić information content (AvgIpc) is 3.43. The van der Waals surface area contributed by atoms with E-state index in [2.05, 4.69) is 25.9 Å². The van der Waals surface area contributed by atoms with Crippen molar-refractivity contribution in [1.82, 2.24) is 30.8 Å². The molecule has 5 N–H and O–H groups in total. The standard InChI is InChI=1S/C41H50N6O5/c1-26-14-19-33(42-23-26)30-17-15-29(16-18-30)20-32(45-40(51)52)22-36(48)34(21-28-11-7-6-8-12-28)46-38(49)37(41(3,4)5)35-24-43-39(50)47(35)25-31-13-9-10-27(2)44-31/h6-19,23,32,34-37,45,48H,20-22,24-25H2,1-5H3,(H,43,50)(H,46,49)(H,51,52)/t32?,34-,35?,36-,37-/m0/s1. The fourth-order valence-corrected chi connectivity index (χ4v) is 7.03. The van der Waals surface area contributed by atoms with Gasteiger partial charge in [0, 0.05) is 30.0 Å². The maximum atomic E-state index is 14.4. The Morgan fingerprint density at radius 3 is 2.27 bits per heavy atom. The fraction of sp³-hybridized carbons (Fsp3) is 0.390. The molecule has 0 radical (unpaired) electrons. The number of urea groups is 1. The summed E-state index contributed by atoms with van der Waals surface area (Å²) in [5.41, 5.74) is 5.66.